The van der Waals surface area contributed by atoms with Crippen LogP contribution in [0.5, 0.6) is 0 Å². The highest BCUT2D eigenvalue weighted by molar-refractivity contribution is 5.91. The highest BCUT2D eigenvalue weighted by atomic mass is 19.1. The molecule has 0 spiro atoms. The molecule has 2 N–H and O–H groups in total. The predicted molar refractivity (Wildman–Crippen MR) is 91.1 cm³/mol. The Hall–Kier alpha value is -2.20. The fraction of sp³-hybridized carbons (Fsp3) is 0.316. The van der Waals surface area contributed by atoms with E-state index in [1.807, 2.05) is 7.05 Å². The molecule has 0 aliphatic rings. The first-order valence-corrected chi connectivity index (χ1v) is 7.78. The number of benzene rings is 2. The predicted octanol–water partition coefficient (Wildman–Crippen LogP) is 2.40. The zero-order valence-corrected chi connectivity index (χ0v) is 14.2. The molecule has 4 heteroatoms. The number of nitrogens with one attached hydrogen (secondary N) is 2. The summed E-state index contributed by atoms with van der Waals surface area (Å²) >= 11 is 0. The summed E-state index contributed by atoms with van der Waals surface area (Å²) in [5.74, 6) is -0.422. The Labute approximate surface area is 137 Å². The lowest BCUT2D eigenvalue weighted by Gasteiger charge is -2.15. The van der Waals surface area contributed by atoms with Gasteiger partial charge in [-0.1, -0.05) is 29.8 Å². The van der Waals surface area contributed by atoms with Gasteiger partial charge in [0.15, 0.2) is 6.54 Å². The van der Waals surface area contributed by atoms with Crippen LogP contribution in [0.4, 0.5) is 10.1 Å². The van der Waals surface area contributed by atoms with Crippen LogP contribution in [0, 0.1) is 26.6 Å². The van der Waals surface area contributed by atoms with Crippen molar-refractivity contribution in [2.75, 3.05) is 18.9 Å². The molecule has 1 amide bonds. The van der Waals surface area contributed by atoms with E-state index in [0.29, 0.717) is 17.8 Å². The molecular formula is C19H24FN2O+. The molecule has 1 atom stereocenters. The van der Waals surface area contributed by atoms with Gasteiger partial charge in [0.2, 0.25) is 0 Å². The van der Waals surface area contributed by atoms with Crippen LogP contribution in [0.25, 0.3) is 0 Å². The van der Waals surface area contributed by atoms with Crippen LogP contribution < -0.4 is 10.2 Å². The normalized spacial score (nSPS) is 12.0. The van der Waals surface area contributed by atoms with E-state index >= 15 is 0 Å². The van der Waals surface area contributed by atoms with Crippen molar-refractivity contribution in [2.45, 2.75) is 27.3 Å². The second-order valence-electron chi connectivity index (χ2n) is 6.25. The first-order chi connectivity index (χ1) is 10.8. The molecule has 2 aromatic rings. The van der Waals surface area contributed by atoms with E-state index in [9.17, 15) is 9.18 Å². The van der Waals surface area contributed by atoms with Crippen LogP contribution in [0.15, 0.2) is 36.4 Å². The quantitative estimate of drug-likeness (QED) is 0.873. The third kappa shape index (κ3) is 4.89. The van der Waals surface area contributed by atoms with Crippen molar-refractivity contribution in [3.8, 4) is 0 Å². The number of hydrogen-bond acceptors (Lipinski definition) is 1. The van der Waals surface area contributed by atoms with E-state index in [1.165, 1.54) is 22.8 Å². The summed E-state index contributed by atoms with van der Waals surface area (Å²) in [6.45, 7) is 6.97. The number of aryl methyl sites for hydroxylation is 3. The Kier molecular flexibility index (Phi) is 5.50. The number of anilines is 1. The number of rotatable bonds is 5. The van der Waals surface area contributed by atoms with Gasteiger partial charge < -0.3 is 10.2 Å². The summed E-state index contributed by atoms with van der Waals surface area (Å²) in [5, 5.41) is 2.75. The Morgan fingerprint density at radius 1 is 1.09 bits per heavy atom. The van der Waals surface area contributed by atoms with Crippen molar-refractivity contribution < 1.29 is 14.1 Å². The summed E-state index contributed by atoms with van der Waals surface area (Å²) in [5.41, 5.74) is 4.79. The highest BCUT2D eigenvalue weighted by Crippen LogP contribution is 2.13. The molecule has 0 aliphatic carbocycles. The average molecular weight is 315 g/mol. The zero-order chi connectivity index (χ0) is 17.0. The second-order valence-corrected chi connectivity index (χ2v) is 6.25. The number of carbonyl (C=O) groups excluding carboxylic acids is 1. The van der Waals surface area contributed by atoms with Gasteiger partial charge in [0.05, 0.1) is 7.05 Å². The Morgan fingerprint density at radius 2 is 1.83 bits per heavy atom. The minimum atomic E-state index is -0.307. The number of quaternary nitrogens is 1. The average Bonchev–Trinajstić information content (AvgIpc) is 2.46. The van der Waals surface area contributed by atoms with Crippen LogP contribution >= 0.6 is 0 Å². The number of halogens is 1. The minimum Gasteiger partial charge on any atom is -0.326 e. The number of hydrogen-bond donors (Lipinski definition) is 2. The number of amides is 1. The molecule has 0 saturated heterocycles. The number of likely N-dealkylation sites (N-methyl/N-ethyl adjacent to an activating group) is 1. The molecule has 0 fully saturated rings. The lowest BCUT2D eigenvalue weighted by molar-refractivity contribution is -0.885. The summed E-state index contributed by atoms with van der Waals surface area (Å²) < 4.78 is 13.5. The zero-order valence-electron chi connectivity index (χ0n) is 14.2. The molecule has 0 heterocycles. The van der Waals surface area contributed by atoms with E-state index in [-0.39, 0.29) is 11.7 Å². The fourth-order valence-electron chi connectivity index (χ4n) is 2.58. The Morgan fingerprint density at radius 3 is 2.48 bits per heavy atom. The van der Waals surface area contributed by atoms with E-state index < -0.39 is 0 Å². The van der Waals surface area contributed by atoms with Gasteiger partial charge in [0.25, 0.3) is 5.91 Å². The maximum atomic E-state index is 13.5. The van der Waals surface area contributed by atoms with Crippen LogP contribution in [0.2, 0.25) is 0 Å². The monoisotopic (exact) mass is 315 g/mol. The topological polar surface area (TPSA) is 33.5 Å². The fourth-order valence-corrected chi connectivity index (χ4v) is 2.58. The standard InChI is InChI=1S/C19H23FN2O/c1-13-5-7-16(15(3)9-13)11-22(4)12-19(23)21-17-8-6-14(2)18(20)10-17/h5-10H,11-12H2,1-4H3,(H,21,23)/p+1. The van der Waals surface area contributed by atoms with Crippen LogP contribution in [-0.2, 0) is 11.3 Å². The van der Waals surface area contributed by atoms with Gasteiger partial charge in [-0.25, -0.2) is 4.39 Å². The van der Waals surface area contributed by atoms with Gasteiger partial charge in [-0.2, -0.15) is 0 Å². The smallest absolute Gasteiger partial charge is 0.279 e. The molecule has 0 radical (unpaired) electrons. The minimum absolute atomic E-state index is 0.115. The van der Waals surface area contributed by atoms with E-state index in [1.54, 1.807) is 19.1 Å². The molecule has 23 heavy (non-hydrogen) atoms. The van der Waals surface area contributed by atoms with Crippen molar-refractivity contribution in [3.05, 3.63) is 64.5 Å². The van der Waals surface area contributed by atoms with E-state index in [4.69, 9.17) is 0 Å². The second kappa shape index (κ2) is 7.38. The molecule has 0 aromatic heterocycles. The van der Waals surface area contributed by atoms with Crippen LogP contribution in [-0.4, -0.2) is 19.5 Å². The van der Waals surface area contributed by atoms with Crippen LogP contribution in [0.1, 0.15) is 22.3 Å². The third-order valence-electron chi connectivity index (χ3n) is 3.91. The van der Waals surface area contributed by atoms with Crippen molar-refractivity contribution in [3.63, 3.8) is 0 Å². The SMILES string of the molecule is Cc1ccc(C[NH+](C)CC(=O)Nc2ccc(C)c(F)c2)c(C)c1. The molecule has 2 aromatic carbocycles. The van der Waals surface area contributed by atoms with Crippen molar-refractivity contribution in [1.82, 2.24) is 0 Å². The highest BCUT2D eigenvalue weighted by Gasteiger charge is 2.12. The van der Waals surface area contributed by atoms with Crippen LogP contribution in [0.3, 0.4) is 0 Å². The first-order valence-electron chi connectivity index (χ1n) is 7.78. The lowest BCUT2D eigenvalue weighted by atomic mass is 10.1. The number of carbonyl (C=O) groups is 1. The Bertz CT molecular complexity index is 713. The van der Waals surface area contributed by atoms with Gasteiger partial charge in [-0.15, -0.1) is 0 Å². The van der Waals surface area contributed by atoms with Gasteiger partial charge in [0.1, 0.15) is 12.4 Å². The largest absolute Gasteiger partial charge is 0.326 e. The summed E-state index contributed by atoms with van der Waals surface area (Å²) in [4.78, 5) is 13.2. The molecular weight excluding hydrogens is 291 g/mol. The molecule has 1 unspecified atom stereocenters. The van der Waals surface area contributed by atoms with Gasteiger partial charge >= 0.3 is 0 Å². The first kappa shape index (κ1) is 17.2. The van der Waals surface area contributed by atoms with Gasteiger partial charge in [-0.05, 0) is 44.0 Å². The maximum Gasteiger partial charge on any atom is 0.279 e. The van der Waals surface area contributed by atoms with E-state index in [2.05, 4.69) is 37.4 Å². The lowest BCUT2D eigenvalue weighted by Crippen LogP contribution is -3.08. The summed E-state index contributed by atoms with van der Waals surface area (Å²) in [7, 11) is 1.98. The molecule has 0 bridgehead atoms. The van der Waals surface area contributed by atoms with Crippen molar-refractivity contribution in [1.29, 1.82) is 0 Å². The Balaban J connectivity index is 1.92. The molecule has 0 saturated carbocycles. The summed E-state index contributed by atoms with van der Waals surface area (Å²) in [6.07, 6.45) is 0. The van der Waals surface area contributed by atoms with Crippen molar-refractivity contribution >= 4 is 11.6 Å². The molecule has 3 nitrogen and oxygen atoms in total. The maximum absolute atomic E-state index is 13.5. The van der Waals surface area contributed by atoms with E-state index in [0.717, 1.165) is 11.4 Å². The molecule has 2 rings (SSSR count). The van der Waals surface area contributed by atoms with Gasteiger partial charge in [-0.3, -0.25) is 4.79 Å². The summed E-state index contributed by atoms with van der Waals surface area (Å²) in [6, 6.07) is 11.1. The molecule has 122 valence electrons. The third-order valence-corrected chi connectivity index (χ3v) is 3.91. The van der Waals surface area contributed by atoms with Gasteiger partial charge in [0, 0.05) is 11.3 Å². The molecule has 0 aliphatic heterocycles. The van der Waals surface area contributed by atoms with Crippen molar-refractivity contribution in [2.24, 2.45) is 0 Å².